The standard InChI is InChI=1S/C19H17Cl2N3O3/c1-2-19(12-6-4-3-5-7-12)17(26)24(18(27)23-19)11-16(25)22-15-10-13(20)8-9-14(15)21/h3-10H,2,11H2,1H3,(H,22,25)(H,23,27)/t19-/m0/s1. The maximum Gasteiger partial charge on any atom is 0.325 e. The van der Waals surface area contributed by atoms with Crippen LogP contribution in [0.5, 0.6) is 0 Å². The van der Waals surface area contributed by atoms with E-state index >= 15 is 0 Å². The summed E-state index contributed by atoms with van der Waals surface area (Å²) in [6, 6.07) is 13.0. The molecule has 1 aliphatic rings. The second-order valence-corrected chi connectivity index (χ2v) is 6.96. The Morgan fingerprint density at radius 2 is 1.85 bits per heavy atom. The third kappa shape index (κ3) is 3.63. The zero-order valence-corrected chi connectivity index (χ0v) is 16.0. The molecule has 0 spiro atoms. The Morgan fingerprint density at radius 3 is 2.52 bits per heavy atom. The Bertz CT molecular complexity index is 904. The van der Waals surface area contributed by atoms with Gasteiger partial charge in [-0.1, -0.05) is 60.5 Å². The van der Waals surface area contributed by atoms with Gasteiger partial charge in [-0.15, -0.1) is 0 Å². The second kappa shape index (κ2) is 7.58. The Hall–Kier alpha value is -2.57. The predicted molar refractivity (Wildman–Crippen MR) is 104 cm³/mol. The number of anilines is 1. The summed E-state index contributed by atoms with van der Waals surface area (Å²) < 4.78 is 0. The Balaban J connectivity index is 1.79. The van der Waals surface area contributed by atoms with Crippen LogP contribution in [0.2, 0.25) is 10.0 Å². The summed E-state index contributed by atoms with van der Waals surface area (Å²) in [5.74, 6) is -1.02. The fourth-order valence-corrected chi connectivity index (χ4v) is 3.40. The molecule has 8 heteroatoms. The summed E-state index contributed by atoms with van der Waals surface area (Å²) in [6.07, 6.45) is 0.361. The van der Waals surface area contributed by atoms with E-state index in [4.69, 9.17) is 23.2 Å². The predicted octanol–water partition coefficient (Wildman–Crippen LogP) is 3.79. The number of hydrogen-bond acceptors (Lipinski definition) is 3. The van der Waals surface area contributed by atoms with Crippen molar-refractivity contribution in [2.75, 3.05) is 11.9 Å². The van der Waals surface area contributed by atoms with Crippen molar-refractivity contribution in [3.8, 4) is 0 Å². The maximum atomic E-state index is 13.0. The summed E-state index contributed by atoms with van der Waals surface area (Å²) in [6.45, 7) is 1.38. The molecule has 4 amide bonds. The SMILES string of the molecule is CC[C@@]1(c2ccccc2)NC(=O)N(CC(=O)Nc2cc(Cl)ccc2Cl)C1=O. The summed E-state index contributed by atoms with van der Waals surface area (Å²) in [4.78, 5) is 38.7. The first-order valence-electron chi connectivity index (χ1n) is 8.32. The number of nitrogens with zero attached hydrogens (tertiary/aromatic N) is 1. The molecule has 1 heterocycles. The van der Waals surface area contributed by atoms with E-state index in [0.29, 0.717) is 27.7 Å². The molecule has 3 rings (SSSR count). The molecule has 0 aliphatic carbocycles. The molecule has 2 N–H and O–H groups in total. The van der Waals surface area contributed by atoms with Crippen molar-refractivity contribution in [2.24, 2.45) is 0 Å². The van der Waals surface area contributed by atoms with E-state index in [1.807, 2.05) is 6.07 Å². The highest BCUT2D eigenvalue weighted by molar-refractivity contribution is 6.35. The molecular weight excluding hydrogens is 389 g/mol. The Morgan fingerprint density at radius 1 is 1.15 bits per heavy atom. The number of halogens is 2. The van der Waals surface area contributed by atoms with Crippen LogP contribution in [-0.4, -0.2) is 29.3 Å². The van der Waals surface area contributed by atoms with Crippen molar-refractivity contribution >= 4 is 46.7 Å². The first-order valence-corrected chi connectivity index (χ1v) is 9.07. The number of urea groups is 1. The van der Waals surface area contributed by atoms with Crippen LogP contribution in [0.4, 0.5) is 10.5 Å². The molecule has 2 aromatic rings. The zero-order valence-electron chi connectivity index (χ0n) is 14.5. The average Bonchev–Trinajstić information content (AvgIpc) is 2.90. The molecule has 1 saturated heterocycles. The van der Waals surface area contributed by atoms with E-state index in [9.17, 15) is 14.4 Å². The van der Waals surface area contributed by atoms with Gasteiger partial charge in [-0.2, -0.15) is 0 Å². The van der Waals surface area contributed by atoms with Gasteiger partial charge in [0.15, 0.2) is 0 Å². The van der Waals surface area contributed by atoms with E-state index in [1.54, 1.807) is 43.3 Å². The molecule has 0 radical (unpaired) electrons. The fraction of sp³-hybridized carbons (Fsp3) is 0.211. The highest BCUT2D eigenvalue weighted by Crippen LogP contribution is 2.32. The average molecular weight is 406 g/mol. The number of carbonyl (C=O) groups excluding carboxylic acids is 3. The number of nitrogens with one attached hydrogen (secondary N) is 2. The van der Waals surface area contributed by atoms with E-state index in [-0.39, 0.29) is 0 Å². The van der Waals surface area contributed by atoms with Crippen molar-refractivity contribution < 1.29 is 14.4 Å². The molecule has 27 heavy (non-hydrogen) atoms. The van der Waals surface area contributed by atoms with Gasteiger partial charge >= 0.3 is 6.03 Å². The van der Waals surface area contributed by atoms with Gasteiger partial charge in [-0.25, -0.2) is 4.79 Å². The normalized spacial score (nSPS) is 19.1. The summed E-state index contributed by atoms with van der Waals surface area (Å²) in [7, 11) is 0. The van der Waals surface area contributed by atoms with Crippen LogP contribution in [0, 0.1) is 0 Å². The van der Waals surface area contributed by atoms with Crippen LogP contribution in [0.1, 0.15) is 18.9 Å². The Labute approximate surface area is 166 Å². The van der Waals surface area contributed by atoms with Crippen molar-refractivity contribution in [3.05, 3.63) is 64.1 Å². The van der Waals surface area contributed by atoms with Gasteiger partial charge in [0.1, 0.15) is 12.1 Å². The van der Waals surface area contributed by atoms with Crippen LogP contribution < -0.4 is 10.6 Å². The van der Waals surface area contributed by atoms with Gasteiger partial charge in [0.2, 0.25) is 5.91 Å². The number of hydrogen-bond donors (Lipinski definition) is 2. The van der Waals surface area contributed by atoms with Crippen LogP contribution in [0.25, 0.3) is 0 Å². The largest absolute Gasteiger partial charge is 0.325 e. The van der Waals surface area contributed by atoms with Crippen molar-refractivity contribution in [1.29, 1.82) is 0 Å². The van der Waals surface area contributed by atoms with E-state index in [0.717, 1.165) is 4.90 Å². The molecule has 6 nitrogen and oxygen atoms in total. The van der Waals surface area contributed by atoms with E-state index in [1.165, 1.54) is 6.07 Å². The molecule has 1 aliphatic heterocycles. The van der Waals surface area contributed by atoms with Crippen LogP contribution in [-0.2, 0) is 15.1 Å². The molecule has 1 fully saturated rings. The number of carbonyl (C=O) groups is 3. The monoisotopic (exact) mass is 405 g/mol. The van der Waals surface area contributed by atoms with Crippen LogP contribution in [0.15, 0.2) is 48.5 Å². The molecular formula is C19H17Cl2N3O3. The lowest BCUT2D eigenvalue weighted by molar-refractivity contribution is -0.134. The number of benzene rings is 2. The van der Waals surface area contributed by atoms with Gasteiger partial charge in [0.25, 0.3) is 5.91 Å². The third-order valence-corrected chi connectivity index (χ3v) is 5.04. The maximum absolute atomic E-state index is 13.0. The summed E-state index contributed by atoms with van der Waals surface area (Å²) >= 11 is 11.9. The van der Waals surface area contributed by atoms with Gasteiger partial charge in [0.05, 0.1) is 10.7 Å². The van der Waals surface area contributed by atoms with Crippen molar-refractivity contribution in [1.82, 2.24) is 10.2 Å². The Kier molecular flexibility index (Phi) is 5.39. The summed E-state index contributed by atoms with van der Waals surface area (Å²) in [5, 5.41) is 6.01. The molecule has 0 unspecified atom stereocenters. The van der Waals surface area contributed by atoms with Crippen molar-refractivity contribution in [3.63, 3.8) is 0 Å². The first kappa shape index (κ1) is 19.2. The fourth-order valence-electron chi connectivity index (χ4n) is 3.06. The van der Waals surface area contributed by atoms with E-state index in [2.05, 4.69) is 10.6 Å². The minimum atomic E-state index is -1.17. The van der Waals surface area contributed by atoms with Gasteiger partial charge in [-0.3, -0.25) is 14.5 Å². The molecule has 0 saturated carbocycles. The molecule has 0 aromatic heterocycles. The number of amides is 4. The molecule has 140 valence electrons. The number of rotatable bonds is 5. The van der Waals surface area contributed by atoms with Gasteiger partial charge in [0, 0.05) is 5.02 Å². The number of imide groups is 1. The molecule has 0 bridgehead atoms. The first-order chi connectivity index (χ1) is 12.9. The lowest BCUT2D eigenvalue weighted by Gasteiger charge is -2.25. The highest BCUT2D eigenvalue weighted by Gasteiger charge is 2.51. The topological polar surface area (TPSA) is 78.5 Å². The van der Waals surface area contributed by atoms with Gasteiger partial charge < -0.3 is 10.6 Å². The lowest BCUT2D eigenvalue weighted by Crippen LogP contribution is -2.44. The molecule has 1 atom stereocenters. The molecule has 2 aromatic carbocycles. The lowest BCUT2D eigenvalue weighted by atomic mass is 9.87. The van der Waals surface area contributed by atoms with Crippen LogP contribution >= 0.6 is 23.2 Å². The van der Waals surface area contributed by atoms with E-state index < -0.39 is 29.9 Å². The van der Waals surface area contributed by atoms with Gasteiger partial charge in [-0.05, 0) is 30.2 Å². The zero-order chi connectivity index (χ0) is 19.6. The second-order valence-electron chi connectivity index (χ2n) is 6.12. The van der Waals surface area contributed by atoms with Crippen LogP contribution in [0.3, 0.4) is 0 Å². The summed E-state index contributed by atoms with van der Waals surface area (Å²) in [5.41, 5.74) is -0.190. The smallest absolute Gasteiger partial charge is 0.323 e. The third-order valence-electron chi connectivity index (χ3n) is 4.48. The minimum Gasteiger partial charge on any atom is -0.323 e. The highest BCUT2D eigenvalue weighted by atomic mass is 35.5. The minimum absolute atomic E-state index is 0.303. The quantitative estimate of drug-likeness (QED) is 0.742. The van der Waals surface area contributed by atoms with Crippen molar-refractivity contribution in [2.45, 2.75) is 18.9 Å².